The maximum absolute atomic E-state index is 9.81. The quantitative estimate of drug-likeness (QED) is 0.678. The summed E-state index contributed by atoms with van der Waals surface area (Å²) >= 11 is 0. The van der Waals surface area contributed by atoms with Gasteiger partial charge in [-0.05, 0) is 42.5 Å². The molecule has 1 aromatic rings. The number of hydrogen-bond acceptors (Lipinski definition) is 2. The van der Waals surface area contributed by atoms with E-state index < -0.39 is 0 Å². The van der Waals surface area contributed by atoms with Gasteiger partial charge in [-0.15, -0.1) is 0 Å². The third-order valence-electron chi connectivity index (χ3n) is 3.23. The third kappa shape index (κ3) is 1.14. The molecule has 0 saturated carbocycles. The van der Waals surface area contributed by atoms with E-state index in [0.29, 0.717) is 6.61 Å². The first kappa shape index (κ1) is 8.30. The molecule has 1 aliphatic heterocycles. The number of aryl methyl sites for hydroxylation is 2. The molecule has 1 N–H and O–H groups in total. The molecular weight excluding hydrogens is 176 g/mol. The molecule has 2 aliphatic rings. The standard InChI is InChI=1S/C12H14O2/c13-11-4-5-14-12-7-9-3-1-2-8(9)6-10(11)12/h6-7,11,13H,1-5H2. The lowest BCUT2D eigenvalue weighted by atomic mass is 9.98. The maximum Gasteiger partial charge on any atom is 0.125 e. The second-order valence-corrected chi connectivity index (χ2v) is 4.17. The summed E-state index contributed by atoms with van der Waals surface area (Å²) in [7, 11) is 0. The van der Waals surface area contributed by atoms with E-state index in [1.807, 2.05) is 0 Å². The predicted molar refractivity (Wildman–Crippen MR) is 53.5 cm³/mol. The molecule has 1 unspecified atom stereocenters. The van der Waals surface area contributed by atoms with Crippen LogP contribution in [0.1, 0.15) is 35.6 Å². The molecular formula is C12H14O2. The van der Waals surface area contributed by atoms with Crippen molar-refractivity contribution in [2.24, 2.45) is 0 Å². The Kier molecular flexibility index (Phi) is 1.77. The second kappa shape index (κ2) is 2.99. The van der Waals surface area contributed by atoms with E-state index in [-0.39, 0.29) is 6.10 Å². The lowest BCUT2D eigenvalue weighted by Gasteiger charge is -2.23. The topological polar surface area (TPSA) is 29.5 Å². The zero-order valence-electron chi connectivity index (χ0n) is 8.12. The molecule has 0 fully saturated rings. The van der Waals surface area contributed by atoms with Gasteiger partial charge in [-0.3, -0.25) is 0 Å². The van der Waals surface area contributed by atoms with Crippen molar-refractivity contribution < 1.29 is 9.84 Å². The highest BCUT2D eigenvalue weighted by Crippen LogP contribution is 2.36. The van der Waals surface area contributed by atoms with Crippen LogP contribution in [0.5, 0.6) is 5.75 Å². The van der Waals surface area contributed by atoms with Crippen molar-refractivity contribution in [1.29, 1.82) is 0 Å². The van der Waals surface area contributed by atoms with E-state index in [0.717, 1.165) is 24.2 Å². The molecule has 1 heterocycles. The van der Waals surface area contributed by atoms with Gasteiger partial charge in [0.15, 0.2) is 0 Å². The van der Waals surface area contributed by atoms with E-state index in [1.54, 1.807) is 0 Å². The van der Waals surface area contributed by atoms with Gasteiger partial charge in [0, 0.05) is 12.0 Å². The van der Waals surface area contributed by atoms with Crippen molar-refractivity contribution in [2.75, 3.05) is 6.61 Å². The van der Waals surface area contributed by atoms with Crippen LogP contribution < -0.4 is 4.74 Å². The normalized spacial score (nSPS) is 23.9. The summed E-state index contributed by atoms with van der Waals surface area (Å²) in [5.74, 6) is 0.907. The van der Waals surface area contributed by atoms with Gasteiger partial charge in [-0.1, -0.05) is 0 Å². The molecule has 2 heteroatoms. The number of ether oxygens (including phenoxy) is 1. The number of fused-ring (bicyclic) bond motifs is 2. The van der Waals surface area contributed by atoms with Crippen LogP contribution in [0.3, 0.4) is 0 Å². The van der Waals surface area contributed by atoms with Crippen molar-refractivity contribution in [2.45, 2.75) is 31.8 Å². The van der Waals surface area contributed by atoms with Crippen LogP contribution in [0, 0.1) is 0 Å². The van der Waals surface area contributed by atoms with Crippen molar-refractivity contribution in [1.82, 2.24) is 0 Å². The minimum Gasteiger partial charge on any atom is -0.493 e. The van der Waals surface area contributed by atoms with E-state index in [4.69, 9.17) is 4.74 Å². The Bertz CT molecular complexity index is 371. The van der Waals surface area contributed by atoms with Gasteiger partial charge < -0.3 is 9.84 Å². The second-order valence-electron chi connectivity index (χ2n) is 4.17. The lowest BCUT2D eigenvalue weighted by Crippen LogP contribution is -2.14. The summed E-state index contributed by atoms with van der Waals surface area (Å²) in [5, 5.41) is 9.81. The largest absolute Gasteiger partial charge is 0.493 e. The summed E-state index contributed by atoms with van der Waals surface area (Å²) in [6.07, 6.45) is 3.99. The molecule has 0 spiro atoms. The third-order valence-corrected chi connectivity index (χ3v) is 3.23. The Morgan fingerprint density at radius 2 is 2.00 bits per heavy atom. The first-order valence-electron chi connectivity index (χ1n) is 5.31. The monoisotopic (exact) mass is 190 g/mol. The summed E-state index contributed by atoms with van der Waals surface area (Å²) in [5.41, 5.74) is 3.82. The fourth-order valence-electron chi connectivity index (χ4n) is 2.44. The molecule has 0 radical (unpaired) electrons. The van der Waals surface area contributed by atoms with E-state index in [1.165, 1.54) is 24.0 Å². The molecule has 74 valence electrons. The Morgan fingerprint density at radius 1 is 1.21 bits per heavy atom. The predicted octanol–water partition coefficient (Wildman–Crippen LogP) is 1.99. The Morgan fingerprint density at radius 3 is 2.86 bits per heavy atom. The van der Waals surface area contributed by atoms with E-state index >= 15 is 0 Å². The van der Waals surface area contributed by atoms with Crippen LogP contribution >= 0.6 is 0 Å². The van der Waals surface area contributed by atoms with Crippen LogP contribution in [-0.2, 0) is 12.8 Å². The molecule has 14 heavy (non-hydrogen) atoms. The first-order valence-corrected chi connectivity index (χ1v) is 5.31. The fourth-order valence-corrected chi connectivity index (χ4v) is 2.44. The van der Waals surface area contributed by atoms with Crippen LogP contribution in [0.4, 0.5) is 0 Å². The van der Waals surface area contributed by atoms with Crippen molar-refractivity contribution in [3.05, 3.63) is 28.8 Å². The Labute approximate surface area is 83.5 Å². The number of aliphatic hydroxyl groups is 1. The van der Waals surface area contributed by atoms with Crippen LogP contribution in [0.15, 0.2) is 12.1 Å². The van der Waals surface area contributed by atoms with Crippen molar-refractivity contribution >= 4 is 0 Å². The van der Waals surface area contributed by atoms with Gasteiger partial charge in [-0.2, -0.15) is 0 Å². The fraction of sp³-hybridized carbons (Fsp3) is 0.500. The van der Waals surface area contributed by atoms with E-state index in [9.17, 15) is 5.11 Å². The van der Waals surface area contributed by atoms with Gasteiger partial charge in [0.2, 0.25) is 0 Å². The average molecular weight is 190 g/mol. The lowest BCUT2D eigenvalue weighted by molar-refractivity contribution is 0.115. The smallest absolute Gasteiger partial charge is 0.125 e. The highest BCUT2D eigenvalue weighted by molar-refractivity contribution is 5.46. The Balaban J connectivity index is 2.12. The van der Waals surface area contributed by atoms with E-state index in [2.05, 4.69) is 12.1 Å². The minimum absolute atomic E-state index is 0.315. The van der Waals surface area contributed by atoms with Gasteiger partial charge in [-0.25, -0.2) is 0 Å². The number of rotatable bonds is 0. The highest BCUT2D eigenvalue weighted by atomic mass is 16.5. The molecule has 1 atom stereocenters. The summed E-state index contributed by atoms with van der Waals surface area (Å²) in [6.45, 7) is 0.646. The number of benzene rings is 1. The number of aliphatic hydroxyl groups excluding tert-OH is 1. The summed E-state index contributed by atoms with van der Waals surface area (Å²) < 4.78 is 5.56. The molecule has 1 aromatic carbocycles. The maximum atomic E-state index is 9.81. The van der Waals surface area contributed by atoms with Gasteiger partial charge in [0.1, 0.15) is 5.75 Å². The zero-order chi connectivity index (χ0) is 9.54. The SMILES string of the molecule is OC1CCOc2cc3c(cc21)CCC3. The molecule has 0 amide bonds. The molecule has 1 aliphatic carbocycles. The zero-order valence-corrected chi connectivity index (χ0v) is 8.12. The van der Waals surface area contributed by atoms with Crippen molar-refractivity contribution in [3.8, 4) is 5.75 Å². The van der Waals surface area contributed by atoms with Gasteiger partial charge in [0.05, 0.1) is 12.7 Å². The first-order chi connectivity index (χ1) is 6.84. The molecule has 0 saturated heterocycles. The van der Waals surface area contributed by atoms with Crippen LogP contribution in [-0.4, -0.2) is 11.7 Å². The van der Waals surface area contributed by atoms with Crippen LogP contribution in [0.25, 0.3) is 0 Å². The van der Waals surface area contributed by atoms with Gasteiger partial charge >= 0.3 is 0 Å². The highest BCUT2D eigenvalue weighted by Gasteiger charge is 2.22. The minimum atomic E-state index is -0.315. The summed E-state index contributed by atoms with van der Waals surface area (Å²) in [4.78, 5) is 0. The number of hydrogen-bond donors (Lipinski definition) is 1. The Hall–Kier alpha value is -1.02. The average Bonchev–Trinajstić information content (AvgIpc) is 2.62. The molecule has 2 nitrogen and oxygen atoms in total. The molecule has 3 rings (SSSR count). The summed E-state index contributed by atoms with van der Waals surface area (Å²) in [6, 6.07) is 4.27. The molecule has 0 bridgehead atoms. The van der Waals surface area contributed by atoms with Crippen molar-refractivity contribution in [3.63, 3.8) is 0 Å². The molecule has 0 aromatic heterocycles. The van der Waals surface area contributed by atoms with Gasteiger partial charge in [0.25, 0.3) is 0 Å². The van der Waals surface area contributed by atoms with Crippen LogP contribution in [0.2, 0.25) is 0 Å².